The van der Waals surface area contributed by atoms with Crippen LogP contribution in [0.1, 0.15) is 23.7 Å². The average molecular weight is 611 g/mol. The lowest BCUT2D eigenvalue weighted by molar-refractivity contribution is 0.0977. The standard InChI is InChI=1S/C23H24BrN5O6S2/c1-4-11-35-18-10-5-14(12-17(18)24)21(30)28-23(36)25-15-6-8-16(9-7-15)37(31,32)29-19-13-20(33-2)27-22(26-19)34-3/h5-10,12-13H,4,11H2,1-3H3,(H,26,27,29)(H2,25,28,30,36). The second kappa shape index (κ2) is 12.7. The molecule has 0 saturated heterocycles. The number of hydrogen-bond acceptors (Lipinski definition) is 9. The Morgan fingerprint density at radius 2 is 1.78 bits per heavy atom. The fourth-order valence-electron chi connectivity index (χ4n) is 2.87. The highest BCUT2D eigenvalue weighted by Gasteiger charge is 2.17. The van der Waals surface area contributed by atoms with E-state index in [-0.39, 0.29) is 27.7 Å². The van der Waals surface area contributed by atoms with Crippen molar-refractivity contribution in [3.05, 3.63) is 58.6 Å². The molecule has 11 nitrogen and oxygen atoms in total. The zero-order chi connectivity index (χ0) is 27.0. The van der Waals surface area contributed by atoms with E-state index >= 15 is 0 Å². The zero-order valence-corrected chi connectivity index (χ0v) is 23.3. The number of anilines is 2. The molecule has 3 rings (SSSR count). The first-order valence-electron chi connectivity index (χ1n) is 10.8. The molecule has 0 atom stereocenters. The number of methoxy groups -OCH3 is 2. The predicted octanol–water partition coefficient (Wildman–Crippen LogP) is 3.97. The maximum atomic E-state index is 12.8. The van der Waals surface area contributed by atoms with E-state index in [2.05, 4.69) is 41.3 Å². The molecule has 0 unspecified atom stereocenters. The summed E-state index contributed by atoms with van der Waals surface area (Å²) in [7, 11) is -1.24. The number of sulfonamides is 1. The van der Waals surface area contributed by atoms with Crippen LogP contribution in [0.5, 0.6) is 17.6 Å². The van der Waals surface area contributed by atoms with Gasteiger partial charge in [0.2, 0.25) is 5.88 Å². The fraction of sp³-hybridized carbons (Fsp3) is 0.217. The lowest BCUT2D eigenvalue weighted by Gasteiger charge is -2.12. The smallest absolute Gasteiger partial charge is 0.321 e. The van der Waals surface area contributed by atoms with Gasteiger partial charge >= 0.3 is 6.01 Å². The summed E-state index contributed by atoms with van der Waals surface area (Å²) in [4.78, 5) is 20.4. The maximum Gasteiger partial charge on any atom is 0.321 e. The van der Waals surface area contributed by atoms with Gasteiger partial charge in [-0.1, -0.05) is 6.92 Å². The number of benzene rings is 2. The summed E-state index contributed by atoms with van der Waals surface area (Å²) in [5.41, 5.74) is 0.851. The van der Waals surface area contributed by atoms with E-state index in [4.69, 9.17) is 26.4 Å². The molecule has 1 amide bonds. The number of carbonyl (C=O) groups excluding carboxylic acids is 1. The molecule has 3 aromatic rings. The average Bonchev–Trinajstić information content (AvgIpc) is 2.87. The molecule has 0 aliphatic rings. The van der Waals surface area contributed by atoms with Gasteiger partial charge in [0.25, 0.3) is 15.9 Å². The minimum absolute atomic E-state index is 0.0219. The highest BCUT2D eigenvalue weighted by atomic mass is 79.9. The zero-order valence-electron chi connectivity index (χ0n) is 20.1. The quantitative estimate of drug-likeness (QED) is 0.289. The van der Waals surface area contributed by atoms with Crippen molar-refractivity contribution in [2.45, 2.75) is 18.2 Å². The minimum atomic E-state index is -3.97. The fourth-order valence-corrected chi connectivity index (χ4v) is 4.57. The highest BCUT2D eigenvalue weighted by molar-refractivity contribution is 9.10. The molecule has 2 aromatic carbocycles. The highest BCUT2D eigenvalue weighted by Crippen LogP contribution is 2.26. The Morgan fingerprint density at radius 1 is 1.05 bits per heavy atom. The number of nitrogens with zero attached hydrogens (tertiary/aromatic N) is 2. The first-order valence-corrected chi connectivity index (χ1v) is 13.5. The number of amides is 1. The molecule has 1 aromatic heterocycles. The van der Waals surface area contributed by atoms with Crippen LogP contribution in [0.3, 0.4) is 0 Å². The number of ether oxygens (including phenoxy) is 3. The minimum Gasteiger partial charge on any atom is -0.492 e. The number of aromatic nitrogens is 2. The largest absolute Gasteiger partial charge is 0.492 e. The number of rotatable bonds is 10. The van der Waals surface area contributed by atoms with Gasteiger partial charge in [-0.05, 0) is 77.0 Å². The van der Waals surface area contributed by atoms with Crippen LogP contribution < -0.4 is 29.6 Å². The van der Waals surface area contributed by atoms with Gasteiger partial charge in [0.05, 0.1) is 30.2 Å². The molecule has 0 bridgehead atoms. The second-order valence-corrected chi connectivity index (χ2v) is 10.3. The number of hydrogen-bond donors (Lipinski definition) is 3. The monoisotopic (exact) mass is 609 g/mol. The van der Waals surface area contributed by atoms with Crippen molar-refractivity contribution < 1.29 is 27.4 Å². The number of thiocarbonyl (C=S) groups is 1. The van der Waals surface area contributed by atoms with Gasteiger partial charge < -0.3 is 19.5 Å². The first kappa shape index (κ1) is 28.1. The molecule has 0 aliphatic carbocycles. The molecule has 0 fully saturated rings. The van der Waals surface area contributed by atoms with Crippen molar-refractivity contribution >= 4 is 60.7 Å². The number of halogens is 1. The summed E-state index contributed by atoms with van der Waals surface area (Å²) >= 11 is 8.62. The van der Waals surface area contributed by atoms with Gasteiger partial charge in [-0.15, -0.1) is 0 Å². The van der Waals surface area contributed by atoms with Crippen LogP contribution in [-0.4, -0.2) is 50.2 Å². The summed E-state index contributed by atoms with van der Waals surface area (Å²) in [5, 5.41) is 5.48. The summed E-state index contributed by atoms with van der Waals surface area (Å²) in [6.45, 7) is 2.57. The van der Waals surface area contributed by atoms with Crippen LogP contribution in [0.4, 0.5) is 11.5 Å². The molecule has 37 heavy (non-hydrogen) atoms. The van der Waals surface area contributed by atoms with Crippen molar-refractivity contribution in [3.63, 3.8) is 0 Å². The first-order chi connectivity index (χ1) is 17.6. The maximum absolute atomic E-state index is 12.8. The summed E-state index contributed by atoms with van der Waals surface area (Å²) in [6, 6.07) is 12.0. The molecule has 1 heterocycles. The van der Waals surface area contributed by atoms with E-state index in [0.717, 1.165) is 6.42 Å². The van der Waals surface area contributed by atoms with Crippen LogP contribution in [0, 0.1) is 0 Å². The van der Waals surface area contributed by atoms with Crippen LogP contribution in [-0.2, 0) is 10.0 Å². The second-order valence-electron chi connectivity index (χ2n) is 7.31. The van der Waals surface area contributed by atoms with Crippen molar-refractivity contribution in [1.82, 2.24) is 15.3 Å². The molecule has 14 heteroatoms. The van der Waals surface area contributed by atoms with Crippen molar-refractivity contribution in [1.29, 1.82) is 0 Å². The Bertz CT molecular complexity index is 1360. The Morgan fingerprint density at radius 3 is 2.41 bits per heavy atom. The van der Waals surface area contributed by atoms with Crippen LogP contribution >= 0.6 is 28.1 Å². The van der Waals surface area contributed by atoms with Crippen molar-refractivity contribution in [2.24, 2.45) is 0 Å². The Kier molecular flexibility index (Phi) is 9.60. The van der Waals surface area contributed by atoms with Crippen LogP contribution in [0.2, 0.25) is 0 Å². The topological polar surface area (TPSA) is 141 Å². The van der Waals surface area contributed by atoms with Gasteiger partial charge in [-0.2, -0.15) is 9.97 Å². The third kappa shape index (κ3) is 7.74. The molecule has 0 radical (unpaired) electrons. The van der Waals surface area contributed by atoms with Gasteiger partial charge in [0.1, 0.15) is 5.75 Å². The SMILES string of the molecule is CCCOc1ccc(C(=O)NC(=S)Nc2ccc(S(=O)(=O)Nc3cc(OC)nc(OC)n3)cc2)cc1Br. The Labute approximate surface area is 228 Å². The van der Waals surface area contributed by atoms with Gasteiger partial charge in [0, 0.05) is 17.3 Å². The predicted molar refractivity (Wildman–Crippen MR) is 146 cm³/mol. The van der Waals surface area contributed by atoms with E-state index in [1.54, 1.807) is 18.2 Å². The molecular weight excluding hydrogens is 586 g/mol. The normalized spacial score (nSPS) is 10.8. The number of carbonyl (C=O) groups is 1. The van der Waals surface area contributed by atoms with Crippen molar-refractivity contribution in [3.8, 4) is 17.6 Å². The Balaban J connectivity index is 1.63. The summed E-state index contributed by atoms with van der Waals surface area (Å²) in [5.74, 6) is 0.333. The van der Waals surface area contributed by atoms with E-state index in [1.165, 1.54) is 44.6 Å². The molecule has 0 saturated carbocycles. The lowest BCUT2D eigenvalue weighted by atomic mass is 10.2. The van der Waals surface area contributed by atoms with E-state index in [1.807, 2.05) is 6.92 Å². The molecule has 0 spiro atoms. The third-order valence-corrected chi connectivity index (χ3v) is 6.81. The summed E-state index contributed by atoms with van der Waals surface area (Å²) < 4.78 is 44.1. The summed E-state index contributed by atoms with van der Waals surface area (Å²) in [6.07, 6.45) is 0.866. The lowest BCUT2D eigenvalue weighted by Crippen LogP contribution is -2.34. The van der Waals surface area contributed by atoms with E-state index in [0.29, 0.717) is 28.1 Å². The molecular formula is C23H24BrN5O6S2. The van der Waals surface area contributed by atoms with Crippen LogP contribution in [0.15, 0.2) is 57.9 Å². The Hall–Kier alpha value is -3.49. The van der Waals surface area contributed by atoms with Gasteiger partial charge in [-0.3, -0.25) is 14.8 Å². The molecule has 3 N–H and O–H groups in total. The van der Waals surface area contributed by atoms with Gasteiger partial charge in [-0.25, -0.2) is 8.42 Å². The van der Waals surface area contributed by atoms with Crippen LogP contribution in [0.25, 0.3) is 0 Å². The molecule has 196 valence electrons. The number of nitrogens with one attached hydrogen (secondary N) is 3. The van der Waals surface area contributed by atoms with E-state index in [9.17, 15) is 13.2 Å². The molecule has 0 aliphatic heterocycles. The third-order valence-electron chi connectivity index (χ3n) is 4.62. The van der Waals surface area contributed by atoms with Gasteiger partial charge in [0.15, 0.2) is 10.9 Å². The van der Waals surface area contributed by atoms with E-state index < -0.39 is 15.9 Å². The van der Waals surface area contributed by atoms with Crippen molar-refractivity contribution in [2.75, 3.05) is 30.9 Å².